The van der Waals surface area contributed by atoms with E-state index in [0.717, 1.165) is 51.4 Å². The van der Waals surface area contributed by atoms with E-state index in [4.69, 9.17) is 4.74 Å². The molecular formula is C30H47FO3. The highest BCUT2D eigenvalue weighted by Gasteiger charge is 2.84. The average molecular weight is 475 g/mol. The molecule has 5 saturated carbocycles. The number of esters is 1. The van der Waals surface area contributed by atoms with E-state index in [1.54, 1.807) is 0 Å². The van der Waals surface area contributed by atoms with Crippen molar-refractivity contribution in [1.82, 2.24) is 0 Å². The summed E-state index contributed by atoms with van der Waals surface area (Å²) in [5, 5.41) is 10.9. The highest BCUT2D eigenvalue weighted by molar-refractivity contribution is 5.82. The standard InChI is InChI=1S/C30H47FO3/c1-17-8-13-29-15-14-28(7)27(6)12-9-19-25(3,4)22(32)10-11-26(19,5)20(27)16-21(31)30(28,34-24(29)33)23(29)18(17)2/h17-23,32H,8-16H2,1-7H3/t17-,18+,19+,20-,21-,22+,23-,26+,27-,28+,29+,30?/m1/s1. The molecule has 2 bridgehead atoms. The van der Waals surface area contributed by atoms with Crippen LogP contribution in [0.2, 0.25) is 0 Å². The molecule has 6 aliphatic rings. The quantitative estimate of drug-likeness (QED) is 0.397. The molecule has 6 rings (SSSR count). The maximum atomic E-state index is 17.1. The lowest BCUT2D eigenvalue weighted by molar-refractivity contribution is -0.310. The van der Waals surface area contributed by atoms with Crippen LogP contribution in [-0.4, -0.2) is 29.0 Å². The van der Waals surface area contributed by atoms with Crippen LogP contribution in [0.4, 0.5) is 4.39 Å². The van der Waals surface area contributed by atoms with Gasteiger partial charge >= 0.3 is 5.97 Å². The lowest BCUT2D eigenvalue weighted by Crippen LogP contribution is -2.76. The monoisotopic (exact) mass is 474 g/mol. The molecule has 0 aromatic rings. The second-order valence-electron chi connectivity index (χ2n) is 15.2. The Morgan fingerprint density at radius 3 is 2.32 bits per heavy atom. The molecule has 0 radical (unpaired) electrons. The van der Waals surface area contributed by atoms with Crippen LogP contribution in [0.5, 0.6) is 0 Å². The fourth-order valence-corrected chi connectivity index (χ4v) is 12.0. The molecule has 1 heterocycles. The van der Waals surface area contributed by atoms with Gasteiger partial charge in [-0.1, -0.05) is 48.5 Å². The third kappa shape index (κ3) is 2.25. The highest BCUT2D eigenvalue weighted by Crippen LogP contribution is 2.81. The van der Waals surface area contributed by atoms with Crippen molar-refractivity contribution in [1.29, 1.82) is 0 Å². The Morgan fingerprint density at radius 2 is 1.62 bits per heavy atom. The van der Waals surface area contributed by atoms with Gasteiger partial charge < -0.3 is 9.84 Å². The van der Waals surface area contributed by atoms with E-state index in [2.05, 4.69) is 48.5 Å². The van der Waals surface area contributed by atoms with Gasteiger partial charge in [0.05, 0.1) is 11.5 Å². The predicted molar refractivity (Wildman–Crippen MR) is 131 cm³/mol. The number of fused-ring (bicyclic) bond motifs is 4. The zero-order valence-electron chi connectivity index (χ0n) is 22.5. The number of halogens is 1. The molecule has 0 aromatic heterocycles. The van der Waals surface area contributed by atoms with Crippen LogP contribution in [-0.2, 0) is 9.53 Å². The van der Waals surface area contributed by atoms with Crippen molar-refractivity contribution in [2.45, 2.75) is 124 Å². The minimum absolute atomic E-state index is 0.00192. The van der Waals surface area contributed by atoms with E-state index in [9.17, 15) is 9.90 Å². The molecule has 1 spiro atoms. The van der Waals surface area contributed by atoms with E-state index < -0.39 is 17.2 Å². The van der Waals surface area contributed by atoms with Crippen molar-refractivity contribution >= 4 is 5.97 Å². The summed E-state index contributed by atoms with van der Waals surface area (Å²) in [6.45, 7) is 16.2. The third-order valence-corrected chi connectivity index (χ3v) is 14.3. The van der Waals surface area contributed by atoms with Gasteiger partial charge in [-0.3, -0.25) is 4.79 Å². The van der Waals surface area contributed by atoms with Crippen LogP contribution in [0.15, 0.2) is 0 Å². The van der Waals surface area contributed by atoms with Crippen molar-refractivity contribution < 1.29 is 19.0 Å². The van der Waals surface area contributed by atoms with Crippen LogP contribution >= 0.6 is 0 Å². The third-order valence-electron chi connectivity index (χ3n) is 14.3. The minimum atomic E-state index is -1.11. The number of carbonyl (C=O) groups is 1. The van der Waals surface area contributed by atoms with Crippen molar-refractivity contribution in [3.05, 3.63) is 0 Å². The summed E-state index contributed by atoms with van der Waals surface area (Å²) in [5.74, 6) is 1.37. The Hall–Kier alpha value is -0.640. The van der Waals surface area contributed by atoms with Crippen molar-refractivity contribution in [3.8, 4) is 0 Å². The van der Waals surface area contributed by atoms with Crippen LogP contribution in [0.1, 0.15) is 106 Å². The van der Waals surface area contributed by atoms with E-state index in [0.29, 0.717) is 24.2 Å². The van der Waals surface area contributed by atoms with Crippen molar-refractivity contribution in [2.24, 2.45) is 56.7 Å². The zero-order chi connectivity index (χ0) is 24.7. The van der Waals surface area contributed by atoms with E-state index in [1.165, 1.54) is 0 Å². The molecule has 0 aromatic carbocycles. The SMILES string of the molecule is C[C@H]1[C@H](C)CC[C@@]23CC[C@]4(C)C(OC2=O)([C@H](F)C[C@@H]2[C@@]5(C)CC[C@H](O)C(C)(C)[C@@H]5CC[C@]24C)[C@H]13. The van der Waals surface area contributed by atoms with Gasteiger partial charge in [0, 0.05) is 11.3 Å². The lowest BCUT2D eigenvalue weighted by atomic mass is 9.30. The summed E-state index contributed by atoms with van der Waals surface area (Å²) in [7, 11) is 0. The number of aliphatic hydroxyl groups is 1. The van der Waals surface area contributed by atoms with Crippen molar-refractivity contribution in [3.63, 3.8) is 0 Å². The normalized spacial score (nSPS) is 62.0. The summed E-state index contributed by atoms with van der Waals surface area (Å²) in [6.07, 6.45) is 6.70. The van der Waals surface area contributed by atoms with E-state index in [1.807, 2.05) is 0 Å². The number of carbonyl (C=O) groups excluding carboxylic acids is 1. The predicted octanol–water partition coefficient (Wildman–Crippen LogP) is 6.71. The number of aliphatic hydroxyl groups excluding tert-OH is 1. The van der Waals surface area contributed by atoms with Crippen molar-refractivity contribution in [2.75, 3.05) is 0 Å². The van der Waals surface area contributed by atoms with E-state index in [-0.39, 0.29) is 45.6 Å². The maximum absolute atomic E-state index is 17.1. The first-order valence-electron chi connectivity index (χ1n) is 14.3. The van der Waals surface area contributed by atoms with Crippen LogP contribution < -0.4 is 0 Å². The van der Waals surface area contributed by atoms with Gasteiger partial charge in [-0.15, -0.1) is 0 Å². The van der Waals surface area contributed by atoms with Gasteiger partial charge in [-0.05, 0) is 97.7 Å². The second kappa shape index (κ2) is 6.62. The first-order valence-corrected chi connectivity index (χ1v) is 14.3. The molecule has 1 N–H and O–H groups in total. The van der Waals surface area contributed by atoms with Gasteiger partial charge in [0.1, 0.15) is 6.17 Å². The molecule has 4 heteroatoms. The Kier molecular flexibility index (Phi) is 4.62. The molecule has 5 aliphatic carbocycles. The fraction of sp³-hybridized carbons (Fsp3) is 0.967. The highest BCUT2D eigenvalue weighted by atomic mass is 19.1. The molecule has 0 amide bonds. The second-order valence-corrected chi connectivity index (χ2v) is 15.2. The lowest BCUT2D eigenvalue weighted by Gasteiger charge is -2.74. The van der Waals surface area contributed by atoms with Crippen LogP contribution in [0, 0.1) is 56.7 Å². The summed E-state index contributed by atoms with van der Waals surface area (Å²) in [4.78, 5) is 13.7. The Bertz CT molecular complexity index is 917. The first-order chi connectivity index (χ1) is 15.7. The number of rotatable bonds is 0. The topological polar surface area (TPSA) is 46.5 Å². The average Bonchev–Trinajstić information content (AvgIpc) is 2.98. The molecule has 1 unspecified atom stereocenters. The molecule has 1 saturated heterocycles. The number of ether oxygens (including phenoxy) is 1. The molecule has 6 fully saturated rings. The Labute approximate surface area is 206 Å². The minimum Gasteiger partial charge on any atom is -0.455 e. The number of hydrogen-bond acceptors (Lipinski definition) is 3. The van der Waals surface area contributed by atoms with Gasteiger partial charge in [0.15, 0.2) is 5.60 Å². The van der Waals surface area contributed by atoms with Gasteiger partial charge in [-0.2, -0.15) is 0 Å². The summed E-state index contributed by atoms with van der Waals surface area (Å²) in [5.41, 5.74) is -2.01. The first kappa shape index (κ1) is 23.7. The smallest absolute Gasteiger partial charge is 0.313 e. The van der Waals surface area contributed by atoms with Gasteiger partial charge in [-0.25, -0.2) is 4.39 Å². The zero-order valence-corrected chi connectivity index (χ0v) is 22.5. The molecular weight excluding hydrogens is 427 g/mol. The Balaban J connectivity index is 1.50. The van der Waals surface area contributed by atoms with Crippen LogP contribution in [0.3, 0.4) is 0 Å². The largest absolute Gasteiger partial charge is 0.455 e. The molecule has 12 atom stereocenters. The van der Waals surface area contributed by atoms with Gasteiger partial charge in [0.2, 0.25) is 0 Å². The van der Waals surface area contributed by atoms with E-state index >= 15 is 4.39 Å². The summed E-state index contributed by atoms with van der Waals surface area (Å²) in [6, 6.07) is 0. The molecule has 3 nitrogen and oxygen atoms in total. The van der Waals surface area contributed by atoms with Gasteiger partial charge in [0.25, 0.3) is 0 Å². The maximum Gasteiger partial charge on any atom is 0.313 e. The summed E-state index contributed by atoms with van der Waals surface area (Å²) >= 11 is 0. The van der Waals surface area contributed by atoms with Crippen LogP contribution in [0.25, 0.3) is 0 Å². The summed E-state index contributed by atoms with van der Waals surface area (Å²) < 4.78 is 23.6. The number of hydrogen-bond donors (Lipinski definition) is 1. The Morgan fingerprint density at radius 1 is 0.912 bits per heavy atom. The fourth-order valence-electron chi connectivity index (χ4n) is 12.0. The molecule has 1 aliphatic heterocycles. The molecule has 34 heavy (non-hydrogen) atoms. The number of alkyl halides is 1. The molecule has 192 valence electrons.